The van der Waals surface area contributed by atoms with Gasteiger partial charge < -0.3 is 134 Å². The first-order chi connectivity index (χ1) is 41.6. The summed E-state index contributed by atoms with van der Waals surface area (Å²) in [4.78, 5) is 40.3. The number of fused-ring (bicyclic) bond motifs is 7. The van der Waals surface area contributed by atoms with Gasteiger partial charge in [-0.2, -0.15) is 0 Å². The van der Waals surface area contributed by atoms with E-state index in [2.05, 4.69) is 33.8 Å². The van der Waals surface area contributed by atoms with E-state index in [9.17, 15) is 91.3 Å². The van der Waals surface area contributed by atoms with Gasteiger partial charge in [-0.15, -0.1) is 0 Å². The van der Waals surface area contributed by atoms with Crippen LogP contribution in [0.15, 0.2) is 11.6 Å². The Morgan fingerprint density at radius 1 is 0.607 bits per heavy atom. The van der Waals surface area contributed by atoms with E-state index in [4.69, 9.17) is 52.1 Å². The second-order valence-electron chi connectivity index (χ2n) is 28.5. The van der Waals surface area contributed by atoms with Crippen LogP contribution in [0.25, 0.3) is 0 Å². The van der Waals surface area contributed by atoms with Gasteiger partial charge in [0.05, 0.1) is 64.1 Å². The molecule has 0 amide bonds. The second kappa shape index (κ2) is 25.1. The molecule has 0 aromatic carbocycles. The van der Waals surface area contributed by atoms with Gasteiger partial charge in [0.2, 0.25) is 6.29 Å². The summed E-state index contributed by atoms with van der Waals surface area (Å²) >= 11 is 0. The number of esters is 2. The van der Waals surface area contributed by atoms with Crippen LogP contribution in [0.3, 0.4) is 0 Å². The van der Waals surface area contributed by atoms with E-state index >= 15 is 4.79 Å². The van der Waals surface area contributed by atoms with E-state index in [1.807, 2.05) is 6.92 Å². The average Bonchev–Trinajstić information content (AvgIpc) is 0.977. The summed E-state index contributed by atoms with van der Waals surface area (Å²) in [5.41, 5.74) is -7.31. The van der Waals surface area contributed by atoms with E-state index in [0.29, 0.717) is 32.1 Å². The molecule has 16 N–H and O–H groups in total. The first-order valence-corrected chi connectivity index (χ1v) is 30.8. The van der Waals surface area contributed by atoms with E-state index in [0.717, 1.165) is 12.5 Å². The first-order valence-electron chi connectivity index (χ1n) is 30.8. The van der Waals surface area contributed by atoms with Crippen molar-refractivity contribution in [2.24, 2.45) is 50.2 Å². The fourth-order valence-corrected chi connectivity index (χ4v) is 17.7. The summed E-state index contributed by atoms with van der Waals surface area (Å²) in [6.07, 6.45) is -35.6. The predicted octanol–water partition coefficient (Wildman–Crippen LogP) is -4.72. The fourth-order valence-electron chi connectivity index (χ4n) is 17.7. The molecule has 0 spiro atoms. The van der Waals surface area contributed by atoms with E-state index < -0.39 is 243 Å². The van der Waals surface area contributed by atoms with Crippen molar-refractivity contribution in [1.82, 2.24) is 0 Å². The highest BCUT2D eigenvalue weighted by molar-refractivity contribution is 5.80. The third-order valence-corrected chi connectivity index (χ3v) is 22.9. The minimum Gasteiger partial charge on any atom is -0.479 e. The van der Waals surface area contributed by atoms with Crippen LogP contribution in [0.1, 0.15) is 99.8 Å². The molecule has 30 heteroatoms. The quantitative estimate of drug-likeness (QED) is 0.0416. The highest BCUT2D eigenvalue weighted by Gasteiger charge is 2.74. The van der Waals surface area contributed by atoms with Crippen LogP contribution in [0.4, 0.5) is 0 Å². The summed E-state index contributed by atoms with van der Waals surface area (Å²) in [5.74, 6) is -5.09. The van der Waals surface area contributed by atoms with Crippen LogP contribution >= 0.6 is 0 Å². The molecule has 0 aromatic rings. The molecule has 5 aliphatic carbocycles. The molecule has 0 radical (unpaired) electrons. The monoisotopic (exact) mass is 1280 g/mol. The Balaban J connectivity index is 0.887. The molecule has 31 unspecified atom stereocenters. The lowest BCUT2D eigenvalue weighted by Crippen LogP contribution is -2.72. The summed E-state index contributed by atoms with van der Waals surface area (Å²) in [5, 5.41) is 177. The molecule has 89 heavy (non-hydrogen) atoms. The van der Waals surface area contributed by atoms with Crippen LogP contribution in [-0.4, -0.2) is 286 Å². The SMILES string of the molecule is CC(=O)OC1C(OC2C(OC(=O)C34CCC(C)(C)CC3C3=CCC5C6(C)CC(O)C(OC7OC(C(=O)O)C(O)C(O)C7O)C(CO)(CO)C6CCC5(C)C3(C)CC4O)OCC(O)C2O)OC(C)C(OC2OCC(O)C(OC3OCC(O)(CO)C3O)C2O)C1O. The van der Waals surface area contributed by atoms with Crippen molar-refractivity contribution in [3.05, 3.63) is 11.6 Å². The molecule has 10 aliphatic rings. The second-order valence-corrected chi connectivity index (χ2v) is 28.5. The molecule has 4 saturated carbocycles. The lowest BCUT2D eigenvalue weighted by Gasteiger charge is -2.72. The fraction of sp³-hybridized carbons (Fsp3) is 0.915. The zero-order chi connectivity index (χ0) is 65.2. The number of carbonyl (C=O) groups is 3. The van der Waals surface area contributed by atoms with Crippen LogP contribution in [0, 0.1) is 50.2 Å². The Morgan fingerprint density at radius 2 is 1.26 bits per heavy atom. The van der Waals surface area contributed by atoms with Gasteiger partial charge in [0.15, 0.2) is 43.5 Å². The van der Waals surface area contributed by atoms with Gasteiger partial charge in [-0.25, -0.2) is 4.79 Å². The molecule has 5 aliphatic heterocycles. The van der Waals surface area contributed by atoms with Gasteiger partial charge >= 0.3 is 17.9 Å². The van der Waals surface area contributed by atoms with Crippen molar-refractivity contribution >= 4 is 17.9 Å². The molecule has 5 saturated heterocycles. The van der Waals surface area contributed by atoms with Crippen LogP contribution in [-0.2, 0) is 66.5 Å². The molecule has 9 fully saturated rings. The van der Waals surface area contributed by atoms with Crippen LogP contribution < -0.4 is 0 Å². The predicted molar refractivity (Wildman–Crippen MR) is 292 cm³/mol. The highest BCUT2D eigenvalue weighted by Crippen LogP contribution is 2.76. The van der Waals surface area contributed by atoms with Crippen molar-refractivity contribution in [2.45, 2.75) is 247 Å². The summed E-state index contributed by atoms with van der Waals surface area (Å²) in [6, 6.07) is 0. The van der Waals surface area contributed by atoms with Crippen molar-refractivity contribution in [3.8, 4) is 0 Å². The van der Waals surface area contributed by atoms with Gasteiger partial charge in [-0.1, -0.05) is 46.3 Å². The number of carboxylic acids is 1. The van der Waals surface area contributed by atoms with Gasteiger partial charge in [0.25, 0.3) is 0 Å². The maximum atomic E-state index is 15.6. The topological polar surface area (TPSA) is 476 Å². The third-order valence-electron chi connectivity index (χ3n) is 22.9. The van der Waals surface area contributed by atoms with Crippen LogP contribution in [0.5, 0.6) is 0 Å². The van der Waals surface area contributed by atoms with E-state index in [1.54, 1.807) is 0 Å². The number of aliphatic hydroxyl groups is 15. The average molecular weight is 1280 g/mol. The van der Waals surface area contributed by atoms with Crippen molar-refractivity contribution in [3.63, 3.8) is 0 Å². The Hall–Kier alpha value is -2.81. The van der Waals surface area contributed by atoms with Crippen molar-refractivity contribution in [2.75, 3.05) is 39.6 Å². The standard InChI is InChI=1S/C59H92O30/c1-23-39(84-47-38(73)40(29(66)18-79-47)85-51-44(74)58(78,21-62)22-81-51)37(72)43(83-24(2)63)50(82-23)87-42-33(68)28(65)17-80-49(42)89-52(77)59-13-12-53(3,4)14-26(59)25-8-9-30-54(5)15-27(64)45(88-48-36(71)34(69)35(70)41(86-48)46(75)76)57(19-60,20-61)31(54)10-11-55(30,6)56(25,7)16-32(59)67/h8,23,26-45,47-51,60-62,64-74,78H,9-22H2,1-7H3,(H,75,76). The van der Waals surface area contributed by atoms with Gasteiger partial charge in [-0.3, -0.25) is 9.59 Å². The summed E-state index contributed by atoms with van der Waals surface area (Å²) in [6.45, 7) is 8.73. The minimum absolute atomic E-state index is 0.0209. The van der Waals surface area contributed by atoms with Crippen LogP contribution in [0.2, 0.25) is 0 Å². The lowest BCUT2D eigenvalue weighted by molar-refractivity contribution is -0.372. The number of ether oxygens (including phenoxy) is 11. The maximum Gasteiger partial charge on any atom is 0.335 e. The zero-order valence-corrected chi connectivity index (χ0v) is 50.9. The molecule has 10 rings (SSSR count). The van der Waals surface area contributed by atoms with Crippen molar-refractivity contribution < 1.29 is 148 Å². The first kappa shape index (κ1) is 69.0. The minimum atomic E-state index is -2.10. The Bertz CT molecular complexity index is 2590. The molecule has 31 atom stereocenters. The Morgan fingerprint density at radius 3 is 1.90 bits per heavy atom. The molecule has 0 aromatic heterocycles. The molecular formula is C59H92O30. The lowest BCUT2D eigenvalue weighted by atomic mass is 9.33. The number of hydrogen-bond donors (Lipinski definition) is 16. The van der Waals surface area contributed by atoms with E-state index in [1.165, 1.54) is 6.92 Å². The van der Waals surface area contributed by atoms with E-state index in [-0.39, 0.29) is 30.6 Å². The summed E-state index contributed by atoms with van der Waals surface area (Å²) in [7, 11) is 0. The normalized spacial score (nSPS) is 52.0. The number of aliphatic hydroxyl groups excluding tert-OH is 14. The van der Waals surface area contributed by atoms with Gasteiger partial charge in [0, 0.05) is 12.3 Å². The van der Waals surface area contributed by atoms with Crippen molar-refractivity contribution in [1.29, 1.82) is 0 Å². The highest BCUT2D eigenvalue weighted by atomic mass is 16.8. The molecule has 508 valence electrons. The number of carbonyl (C=O) groups excluding carboxylic acids is 2. The summed E-state index contributed by atoms with van der Waals surface area (Å²) < 4.78 is 64.3. The molecule has 5 heterocycles. The molecule has 0 bridgehead atoms. The van der Waals surface area contributed by atoms with Gasteiger partial charge in [-0.05, 0) is 97.7 Å². The van der Waals surface area contributed by atoms with Gasteiger partial charge in [0.1, 0.15) is 78.2 Å². The smallest absolute Gasteiger partial charge is 0.335 e. The number of allylic oxidation sites excluding steroid dienone is 2. The number of carboxylic acid groups (broad SMARTS) is 1. The zero-order valence-electron chi connectivity index (χ0n) is 50.9. The maximum absolute atomic E-state index is 15.6. The third kappa shape index (κ3) is 11.3. The molecular weight excluding hydrogens is 1190 g/mol. The Kier molecular flexibility index (Phi) is 19.4. The number of hydrogen-bond acceptors (Lipinski definition) is 29. The number of rotatable bonds is 15. The molecule has 30 nitrogen and oxygen atoms in total. The largest absolute Gasteiger partial charge is 0.479 e. The Labute approximate surface area is 513 Å². The number of aliphatic carboxylic acids is 1.